The largest absolute Gasteiger partial charge is 0.480 e. The Hall–Kier alpha value is -2.10. The third-order valence-corrected chi connectivity index (χ3v) is 2.77. The van der Waals surface area contributed by atoms with Crippen LogP contribution >= 0.6 is 0 Å². The highest BCUT2D eigenvalue weighted by atomic mass is 16.4. The van der Waals surface area contributed by atoms with E-state index < -0.39 is 12.0 Å². The lowest BCUT2D eigenvalue weighted by molar-refractivity contribution is -0.142. The number of aliphatic carboxylic acids is 1. The third-order valence-electron chi connectivity index (χ3n) is 2.77. The number of carboxylic acid groups (broad SMARTS) is 1. The van der Waals surface area contributed by atoms with Crippen LogP contribution in [-0.2, 0) is 4.79 Å². The van der Waals surface area contributed by atoms with Crippen molar-refractivity contribution in [2.24, 2.45) is 0 Å². The smallest absolute Gasteiger partial charge is 0.326 e. The maximum atomic E-state index is 12.1. The highest BCUT2D eigenvalue weighted by Gasteiger charge is 2.30. The molecule has 1 unspecified atom stereocenters. The molecular formula is C13H13NO3. The Kier molecular flexibility index (Phi) is 3.23. The fourth-order valence-corrected chi connectivity index (χ4v) is 1.87. The molecule has 0 aliphatic carbocycles. The molecule has 0 aromatic heterocycles. The predicted octanol–water partition coefficient (Wildman–Crippen LogP) is 1.54. The summed E-state index contributed by atoms with van der Waals surface area (Å²) in [6.07, 6.45) is 3.99. The molecule has 1 amide bonds. The van der Waals surface area contributed by atoms with E-state index in [2.05, 4.69) is 0 Å². The first kappa shape index (κ1) is 11.4. The second-order valence-electron chi connectivity index (χ2n) is 3.88. The van der Waals surface area contributed by atoms with E-state index in [0.717, 1.165) is 0 Å². The summed E-state index contributed by atoms with van der Waals surface area (Å²) in [5, 5.41) is 9.08. The topological polar surface area (TPSA) is 57.6 Å². The van der Waals surface area contributed by atoms with E-state index in [1.165, 1.54) is 4.90 Å². The van der Waals surface area contributed by atoms with Crippen LogP contribution in [0, 0.1) is 0 Å². The van der Waals surface area contributed by atoms with Crippen LogP contribution in [0.5, 0.6) is 0 Å². The Morgan fingerprint density at radius 3 is 2.53 bits per heavy atom. The highest BCUT2D eigenvalue weighted by molar-refractivity contribution is 5.96. The van der Waals surface area contributed by atoms with Crippen LogP contribution in [0.4, 0.5) is 0 Å². The van der Waals surface area contributed by atoms with Gasteiger partial charge in [-0.1, -0.05) is 30.4 Å². The van der Waals surface area contributed by atoms with Crippen molar-refractivity contribution >= 4 is 11.9 Å². The monoisotopic (exact) mass is 231 g/mol. The summed E-state index contributed by atoms with van der Waals surface area (Å²) in [4.78, 5) is 24.6. The minimum absolute atomic E-state index is 0.234. The van der Waals surface area contributed by atoms with E-state index in [1.807, 2.05) is 12.1 Å². The molecule has 1 aliphatic heterocycles. The first-order valence-electron chi connectivity index (χ1n) is 5.44. The van der Waals surface area contributed by atoms with Crippen molar-refractivity contribution < 1.29 is 14.7 Å². The lowest BCUT2D eigenvalue weighted by Crippen LogP contribution is -2.46. The van der Waals surface area contributed by atoms with Gasteiger partial charge in [-0.05, 0) is 18.6 Å². The lowest BCUT2D eigenvalue weighted by atomic mass is 10.1. The summed E-state index contributed by atoms with van der Waals surface area (Å²) < 4.78 is 0. The molecule has 0 radical (unpaired) electrons. The Balaban J connectivity index is 2.24. The lowest BCUT2D eigenvalue weighted by Gasteiger charge is -2.30. The van der Waals surface area contributed by atoms with E-state index in [-0.39, 0.29) is 5.91 Å². The van der Waals surface area contributed by atoms with Gasteiger partial charge in [-0.3, -0.25) is 4.79 Å². The van der Waals surface area contributed by atoms with Gasteiger partial charge in [0.1, 0.15) is 6.04 Å². The quantitative estimate of drug-likeness (QED) is 0.785. The molecule has 1 aromatic rings. The maximum Gasteiger partial charge on any atom is 0.326 e. The fourth-order valence-electron chi connectivity index (χ4n) is 1.87. The zero-order valence-corrected chi connectivity index (χ0v) is 9.24. The predicted molar refractivity (Wildman–Crippen MR) is 62.7 cm³/mol. The molecule has 0 fully saturated rings. The van der Waals surface area contributed by atoms with Crippen LogP contribution in [0.2, 0.25) is 0 Å². The van der Waals surface area contributed by atoms with Gasteiger partial charge in [0, 0.05) is 12.1 Å². The van der Waals surface area contributed by atoms with Gasteiger partial charge in [-0.2, -0.15) is 0 Å². The molecule has 0 bridgehead atoms. The van der Waals surface area contributed by atoms with Gasteiger partial charge >= 0.3 is 5.97 Å². The summed E-state index contributed by atoms with van der Waals surface area (Å²) >= 11 is 0. The van der Waals surface area contributed by atoms with Crippen LogP contribution in [0.3, 0.4) is 0 Å². The molecule has 88 valence electrons. The van der Waals surface area contributed by atoms with Gasteiger partial charge in [0.2, 0.25) is 0 Å². The van der Waals surface area contributed by atoms with E-state index in [9.17, 15) is 9.59 Å². The van der Waals surface area contributed by atoms with E-state index >= 15 is 0 Å². The molecule has 1 aliphatic rings. The molecule has 1 N–H and O–H groups in total. The third kappa shape index (κ3) is 2.36. The van der Waals surface area contributed by atoms with Crippen molar-refractivity contribution in [3.63, 3.8) is 0 Å². The number of benzene rings is 1. The van der Waals surface area contributed by atoms with Crippen molar-refractivity contribution in [1.82, 2.24) is 4.90 Å². The minimum Gasteiger partial charge on any atom is -0.480 e. The zero-order valence-electron chi connectivity index (χ0n) is 9.24. The SMILES string of the molecule is O=C(O)C1CC=CCN1C(=O)c1ccccc1. The van der Waals surface area contributed by atoms with Gasteiger partial charge in [-0.15, -0.1) is 0 Å². The van der Waals surface area contributed by atoms with E-state index in [4.69, 9.17) is 5.11 Å². The second kappa shape index (κ2) is 4.82. The van der Waals surface area contributed by atoms with Crippen molar-refractivity contribution in [3.05, 3.63) is 48.0 Å². The maximum absolute atomic E-state index is 12.1. The zero-order chi connectivity index (χ0) is 12.3. The molecule has 1 aromatic carbocycles. The van der Waals surface area contributed by atoms with Crippen molar-refractivity contribution in [3.8, 4) is 0 Å². The van der Waals surface area contributed by atoms with Gasteiger partial charge in [0.25, 0.3) is 5.91 Å². The highest BCUT2D eigenvalue weighted by Crippen LogP contribution is 2.15. The van der Waals surface area contributed by atoms with Crippen LogP contribution in [0.1, 0.15) is 16.8 Å². The summed E-state index contributed by atoms with van der Waals surface area (Å²) in [5.74, 6) is -1.19. The Morgan fingerprint density at radius 1 is 1.18 bits per heavy atom. The molecule has 2 rings (SSSR count). The standard InChI is InChI=1S/C13H13NO3/c15-12(10-6-2-1-3-7-10)14-9-5-4-8-11(14)13(16)17/h1-7,11H,8-9H2,(H,16,17). The van der Waals surface area contributed by atoms with E-state index in [1.54, 1.807) is 30.3 Å². The number of hydrogen-bond donors (Lipinski definition) is 1. The van der Waals surface area contributed by atoms with Gasteiger partial charge in [-0.25, -0.2) is 4.79 Å². The first-order valence-corrected chi connectivity index (χ1v) is 5.44. The fraction of sp³-hybridized carbons (Fsp3) is 0.231. The molecular weight excluding hydrogens is 218 g/mol. The number of rotatable bonds is 2. The number of hydrogen-bond acceptors (Lipinski definition) is 2. The van der Waals surface area contributed by atoms with Crippen LogP contribution in [-0.4, -0.2) is 34.5 Å². The van der Waals surface area contributed by atoms with Crippen molar-refractivity contribution in [1.29, 1.82) is 0 Å². The van der Waals surface area contributed by atoms with E-state index in [0.29, 0.717) is 18.5 Å². The molecule has 17 heavy (non-hydrogen) atoms. The van der Waals surface area contributed by atoms with Crippen LogP contribution in [0.25, 0.3) is 0 Å². The minimum atomic E-state index is -0.960. The Labute approximate surface area is 99.2 Å². The van der Waals surface area contributed by atoms with Crippen molar-refractivity contribution in [2.75, 3.05) is 6.54 Å². The number of carbonyl (C=O) groups excluding carboxylic acids is 1. The van der Waals surface area contributed by atoms with Crippen LogP contribution < -0.4 is 0 Å². The molecule has 1 atom stereocenters. The average molecular weight is 231 g/mol. The molecule has 0 spiro atoms. The van der Waals surface area contributed by atoms with Gasteiger partial charge < -0.3 is 10.0 Å². The number of amides is 1. The molecule has 4 heteroatoms. The molecule has 0 saturated carbocycles. The van der Waals surface area contributed by atoms with Gasteiger partial charge in [0.05, 0.1) is 0 Å². The number of carboxylic acids is 1. The first-order chi connectivity index (χ1) is 8.20. The van der Waals surface area contributed by atoms with Gasteiger partial charge in [0.15, 0.2) is 0 Å². The summed E-state index contributed by atoms with van der Waals surface area (Å²) in [6, 6.07) is 7.99. The van der Waals surface area contributed by atoms with Crippen molar-refractivity contribution in [2.45, 2.75) is 12.5 Å². The molecule has 4 nitrogen and oxygen atoms in total. The second-order valence-corrected chi connectivity index (χ2v) is 3.88. The number of carbonyl (C=O) groups is 2. The Morgan fingerprint density at radius 2 is 1.88 bits per heavy atom. The normalized spacial score (nSPS) is 19.1. The number of nitrogens with zero attached hydrogens (tertiary/aromatic N) is 1. The summed E-state index contributed by atoms with van der Waals surface area (Å²) in [7, 11) is 0. The summed E-state index contributed by atoms with van der Waals surface area (Å²) in [6.45, 7) is 0.352. The molecule has 0 saturated heterocycles. The van der Waals surface area contributed by atoms with Crippen LogP contribution in [0.15, 0.2) is 42.5 Å². The average Bonchev–Trinajstić information content (AvgIpc) is 2.39. The molecule has 1 heterocycles. The Bertz CT molecular complexity index is 453. The summed E-state index contributed by atoms with van der Waals surface area (Å²) in [5.41, 5.74) is 0.522.